The van der Waals surface area contributed by atoms with E-state index in [1.165, 1.54) is 173 Å². The van der Waals surface area contributed by atoms with Gasteiger partial charge in [0.2, 0.25) is 0 Å². The van der Waals surface area contributed by atoms with Gasteiger partial charge >= 0.3 is 17.9 Å². The summed E-state index contributed by atoms with van der Waals surface area (Å²) in [4.78, 5) is 37.9. The molecule has 0 rings (SSSR count). The predicted molar refractivity (Wildman–Crippen MR) is 247 cm³/mol. The van der Waals surface area contributed by atoms with Crippen molar-refractivity contribution in [3.05, 3.63) is 0 Å². The number of carbonyl (C=O) groups is 3. The van der Waals surface area contributed by atoms with Gasteiger partial charge in [-0.3, -0.25) is 14.4 Å². The number of carbonyl (C=O) groups excluding carboxylic acids is 3. The van der Waals surface area contributed by atoms with Crippen LogP contribution < -0.4 is 0 Å². The van der Waals surface area contributed by atoms with E-state index in [9.17, 15) is 14.4 Å². The minimum atomic E-state index is -0.761. The molecule has 6 heteroatoms. The Hall–Kier alpha value is -1.59. The Morgan fingerprint density at radius 3 is 0.983 bits per heavy atom. The van der Waals surface area contributed by atoms with E-state index in [0.29, 0.717) is 19.3 Å². The van der Waals surface area contributed by atoms with Crippen molar-refractivity contribution in [3.8, 4) is 0 Å². The van der Waals surface area contributed by atoms with Crippen molar-refractivity contribution in [2.24, 2.45) is 11.8 Å². The Labute approximate surface area is 361 Å². The van der Waals surface area contributed by atoms with Gasteiger partial charge in [0.15, 0.2) is 6.10 Å². The maximum Gasteiger partial charge on any atom is 0.306 e. The van der Waals surface area contributed by atoms with Gasteiger partial charge in [0, 0.05) is 19.3 Å². The molecule has 1 unspecified atom stereocenters. The van der Waals surface area contributed by atoms with E-state index in [0.717, 1.165) is 69.6 Å². The summed E-state index contributed by atoms with van der Waals surface area (Å²) >= 11 is 0. The summed E-state index contributed by atoms with van der Waals surface area (Å²) in [6.07, 6.45) is 45.1. The minimum absolute atomic E-state index is 0.0638. The monoisotopic (exact) mass is 821 g/mol. The average Bonchev–Trinajstić information content (AvgIpc) is 3.21. The number of esters is 3. The highest BCUT2D eigenvalue weighted by Gasteiger charge is 2.19. The third kappa shape index (κ3) is 44.0. The van der Waals surface area contributed by atoms with E-state index in [4.69, 9.17) is 14.2 Å². The lowest BCUT2D eigenvalue weighted by molar-refractivity contribution is -0.167. The third-order valence-electron chi connectivity index (χ3n) is 12.1. The first-order valence-corrected chi connectivity index (χ1v) is 25.8. The van der Waals surface area contributed by atoms with Crippen LogP contribution in [-0.4, -0.2) is 37.2 Å². The quantitative estimate of drug-likeness (QED) is 0.0346. The van der Waals surface area contributed by atoms with Crippen LogP contribution >= 0.6 is 0 Å². The van der Waals surface area contributed by atoms with Crippen LogP contribution in [0.25, 0.3) is 0 Å². The number of unbranched alkanes of at least 4 members (excludes halogenated alkanes) is 30. The highest BCUT2D eigenvalue weighted by Crippen LogP contribution is 2.18. The van der Waals surface area contributed by atoms with Crippen molar-refractivity contribution in [1.82, 2.24) is 0 Å². The number of hydrogen-bond acceptors (Lipinski definition) is 6. The lowest BCUT2D eigenvalue weighted by Gasteiger charge is -2.18. The summed E-state index contributed by atoms with van der Waals surface area (Å²) < 4.78 is 16.8. The summed E-state index contributed by atoms with van der Waals surface area (Å²) in [6, 6.07) is 0. The van der Waals surface area contributed by atoms with E-state index in [2.05, 4.69) is 34.6 Å². The summed E-state index contributed by atoms with van der Waals surface area (Å²) in [5.74, 6) is 0.861. The maximum atomic E-state index is 12.8. The van der Waals surface area contributed by atoms with Gasteiger partial charge in [0.1, 0.15) is 13.2 Å². The number of hydrogen-bond donors (Lipinski definition) is 0. The second kappa shape index (κ2) is 44.9. The van der Waals surface area contributed by atoms with Crippen LogP contribution in [-0.2, 0) is 28.6 Å². The fourth-order valence-electron chi connectivity index (χ4n) is 7.78. The molecule has 0 bridgehead atoms. The molecule has 0 aromatic rings. The first kappa shape index (κ1) is 56.4. The highest BCUT2D eigenvalue weighted by molar-refractivity contribution is 5.71. The largest absolute Gasteiger partial charge is 0.462 e. The summed E-state index contributed by atoms with van der Waals surface area (Å²) in [6.45, 7) is 11.4. The Morgan fingerprint density at radius 2 is 0.655 bits per heavy atom. The lowest BCUT2D eigenvalue weighted by atomic mass is 9.99. The molecule has 0 radical (unpaired) electrons. The normalized spacial score (nSPS) is 12.5. The standard InChI is InChI=1S/C52H100O6/c1-6-8-9-10-11-20-27-32-37-42-50(53)56-45-49(58-52(55)44-39-34-29-24-19-18-22-26-31-36-41-48(5)7-2)46-57-51(54)43-38-33-28-23-17-15-13-12-14-16-21-25-30-35-40-47(3)4/h47-49H,6-46H2,1-5H3/t48?,49-/m1/s1. The minimum Gasteiger partial charge on any atom is -0.462 e. The smallest absolute Gasteiger partial charge is 0.306 e. The van der Waals surface area contributed by atoms with E-state index in [-0.39, 0.29) is 31.1 Å². The van der Waals surface area contributed by atoms with Gasteiger partial charge in [0.05, 0.1) is 0 Å². The Balaban J connectivity index is 4.26. The zero-order valence-electron chi connectivity index (χ0n) is 39.7. The fourth-order valence-corrected chi connectivity index (χ4v) is 7.78. The van der Waals surface area contributed by atoms with Crippen LogP contribution in [0.1, 0.15) is 285 Å². The first-order chi connectivity index (χ1) is 28.3. The van der Waals surface area contributed by atoms with Gasteiger partial charge in [-0.1, -0.05) is 247 Å². The van der Waals surface area contributed by atoms with E-state index in [1.54, 1.807) is 0 Å². The molecule has 0 fully saturated rings. The van der Waals surface area contributed by atoms with Crippen molar-refractivity contribution >= 4 is 17.9 Å². The van der Waals surface area contributed by atoms with Gasteiger partial charge in [0.25, 0.3) is 0 Å². The second-order valence-electron chi connectivity index (χ2n) is 18.5. The first-order valence-electron chi connectivity index (χ1n) is 25.8. The van der Waals surface area contributed by atoms with Crippen molar-refractivity contribution in [2.75, 3.05) is 13.2 Å². The van der Waals surface area contributed by atoms with Crippen molar-refractivity contribution in [2.45, 2.75) is 291 Å². The van der Waals surface area contributed by atoms with Gasteiger partial charge in [-0.15, -0.1) is 0 Å². The van der Waals surface area contributed by atoms with E-state index < -0.39 is 6.10 Å². The van der Waals surface area contributed by atoms with Crippen LogP contribution in [0.4, 0.5) is 0 Å². The van der Waals surface area contributed by atoms with Crippen LogP contribution in [0.2, 0.25) is 0 Å². The molecule has 0 aliphatic heterocycles. The van der Waals surface area contributed by atoms with Crippen LogP contribution in [0, 0.1) is 11.8 Å². The van der Waals surface area contributed by atoms with Crippen molar-refractivity contribution in [3.63, 3.8) is 0 Å². The molecule has 0 heterocycles. The molecular formula is C52H100O6. The third-order valence-corrected chi connectivity index (χ3v) is 12.1. The molecule has 0 aliphatic rings. The Bertz CT molecular complexity index is 887. The van der Waals surface area contributed by atoms with Crippen molar-refractivity contribution in [1.29, 1.82) is 0 Å². The molecule has 0 saturated carbocycles. The zero-order chi connectivity index (χ0) is 42.6. The topological polar surface area (TPSA) is 78.9 Å². The van der Waals surface area contributed by atoms with E-state index in [1.807, 2.05) is 0 Å². The fraction of sp³-hybridized carbons (Fsp3) is 0.942. The van der Waals surface area contributed by atoms with Crippen LogP contribution in [0.3, 0.4) is 0 Å². The molecule has 0 aromatic heterocycles. The average molecular weight is 821 g/mol. The van der Waals surface area contributed by atoms with Crippen LogP contribution in [0.5, 0.6) is 0 Å². The molecule has 6 nitrogen and oxygen atoms in total. The molecule has 2 atom stereocenters. The number of ether oxygens (including phenoxy) is 3. The zero-order valence-corrected chi connectivity index (χ0v) is 39.7. The molecule has 0 aromatic carbocycles. The van der Waals surface area contributed by atoms with Crippen LogP contribution in [0.15, 0.2) is 0 Å². The van der Waals surface area contributed by atoms with Gasteiger partial charge in [-0.2, -0.15) is 0 Å². The maximum absolute atomic E-state index is 12.8. The molecule has 0 N–H and O–H groups in total. The van der Waals surface area contributed by atoms with E-state index >= 15 is 0 Å². The molecule has 58 heavy (non-hydrogen) atoms. The Kier molecular flexibility index (Phi) is 43.7. The van der Waals surface area contributed by atoms with Gasteiger partial charge in [-0.05, 0) is 31.1 Å². The van der Waals surface area contributed by atoms with Gasteiger partial charge in [-0.25, -0.2) is 0 Å². The molecule has 0 amide bonds. The summed E-state index contributed by atoms with van der Waals surface area (Å²) in [5, 5.41) is 0. The molecule has 344 valence electrons. The molecule has 0 saturated heterocycles. The Morgan fingerprint density at radius 1 is 0.362 bits per heavy atom. The molecule has 0 spiro atoms. The SMILES string of the molecule is CCCCCCCCCCCC(=O)OC[C@H](COC(=O)CCCCCCCCCCCCCCCCC(C)C)OC(=O)CCCCCCCCCCCCC(C)CC. The molecule has 0 aliphatic carbocycles. The van der Waals surface area contributed by atoms with Crippen molar-refractivity contribution < 1.29 is 28.6 Å². The summed E-state index contributed by atoms with van der Waals surface area (Å²) in [5.41, 5.74) is 0. The summed E-state index contributed by atoms with van der Waals surface area (Å²) in [7, 11) is 0. The molecular weight excluding hydrogens is 721 g/mol. The lowest BCUT2D eigenvalue weighted by Crippen LogP contribution is -2.30. The second-order valence-corrected chi connectivity index (χ2v) is 18.5. The highest BCUT2D eigenvalue weighted by atomic mass is 16.6. The predicted octanol–water partition coefficient (Wildman–Crippen LogP) is 16.5. The number of rotatable bonds is 46. The van der Waals surface area contributed by atoms with Gasteiger partial charge < -0.3 is 14.2 Å².